The van der Waals surface area contributed by atoms with Crippen LogP contribution in [0, 0.1) is 12.8 Å². The smallest absolute Gasteiger partial charge is 0.401 e. The average Bonchev–Trinajstić information content (AvgIpc) is 3.14. The molecule has 0 amide bonds. The SMILES string of the molecule is COC1=C(CCC(=O)c2c(C)n(C(C)C3CCN(CC(F)(F)F)C(C)C3)c3ccccc23)C(=O)CC(C)=C1. The highest BCUT2D eigenvalue weighted by atomic mass is 19.4. The van der Waals surface area contributed by atoms with E-state index in [9.17, 15) is 22.8 Å². The van der Waals surface area contributed by atoms with Crippen LogP contribution in [-0.2, 0) is 9.53 Å². The largest absolute Gasteiger partial charge is 0.496 e. The minimum Gasteiger partial charge on any atom is -0.496 e. The molecule has 8 heteroatoms. The Balaban J connectivity index is 1.58. The zero-order valence-corrected chi connectivity index (χ0v) is 22.8. The number of likely N-dealkylation sites (tertiary alicyclic amines) is 1. The first-order chi connectivity index (χ1) is 17.9. The van der Waals surface area contributed by atoms with Gasteiger partial charge < -0.3 is 9.30 Å². The number of carbonyl (C=O) groups excluding carboxylic acids is 2. The Labute approximate surface area is 222 Å². The van der Waals surface area contributed by atoms with E-state index in [-0.39, 0.29) is 36.0 Å². The number of ether oxygens (including phenoxy) is 1. The second-order valence-corrected chi connectivity index (χ2v) is 10.9. The molecule has 1 aromatic carbocycles. The molecule has 4 rings (SSSR count). The molecule has 2 aromatic rings. The van der Waals surface area contributed by atoms with Crippen molar-refractivity contribution in [2.45, 2.75) is 78.1 Å². The Hall–Kier alpha value is -2.87. The first-order valence-corrected chi connectivity index (χ1v) is 13.3. The summed E-state index contributed by atoms with van der Waals surface area (Å²) in [5.41, 5.74) is 3.97. The van der Waals surface area contributed by atoms with Crippen molar-refractivity contribution >= 4 is 22.5 Å². The van der Waals surface area contributed by atoms with E-state index < -0.39 is 12.7 Å². The predicted octanol–water partition coefficient (Wildman–Crippen LogP) is 6.96. The number of hydrogen-bond donors (Lipinski definition) is 0. The fraction of sp³-hybridized carbons (Fsp3) is 0.533. The predicted molar refractivity (Wildman–Crippen MR) is 142 cm³/mol. The highest BCUT2D eigenvalue weighted by Crippen LogP contribution is 2.38. The van der Waals surface area contributed by atoms with Crippen molar-refractivity contribution in [3.63, 3.8) is 0 Å². The van der Waals surface area contributed by atoms with E-state index in [1.807, 2.05) is 51.1 Å². The molecule has 1 saturated heterocycles. The number of hydrogen-bond acceptors (Lipinski definition) is 4. The van der Waals surface area contributed by atoms with Crippen molar-refractivity contribution in [1.29, 1.82) is 0 Å². The molecule has 0 spiro atoms. The molecular formula is C30H37F3N2O3. The maximum atomic E-state index is 13.6. The minimum absolute atomic E-state index is 0.00610. The molecule has 0 bridgehead atoms. The Morgan fingerprint density at radius 1 is 1.21 bits per heavy atom. The van der Waals surface area contributed by atoms with Gasteiger partial charge in [0.15, 0.2) is 11.6 Å². The lowest BCUT2D eigenvalue weighted by Gasteiger charge is -2.40. The van der Waals surface area contributed by atoms with Gasteiger partial charge in [-0.15, -0.1) is 0 Å². The zero-order chi connectivity index (χ0) is 27.8. The summed E-state index contributed by atoms with van der Waals surface area (Å²) in [5.74, 6) is 0.690. The van der Waals surface area contributed by atoms with Crippen LogP contribution in [0.25, 0.3) is 10.9 Å². The Bertz CT molecular complexity index is 1290. The first-order valence-electron chi connectivity index (χ1n) is 13.3. The lowest BCUT2D eigenvalue weighted by atomic mass is 9.86. The third-order valence-electron chi connectivity index (χ3n) is 8.23. The van der Waals surface area contributed by atoms with E-state index in [0.717, 1.165) is 22.2 Å². The van der Waals surface area contributed by atoms with Gasteiger partial charge in [0.05, 0.1) is 13.7 Å². The highest BCUT2D eigenvalue weighted by molar-refractivity contribution is 6.10. The third kappa shape index (κ3) is 5.75. The maximum Gasteiger partial charge on any atom is 0.401 e. The summed E-state index contributed by atoms with van der Waals surface area (Å²) in [7, 11) is 1.53. The molecule has 38 heavy (non-hydrogen) atoms. The van der Waals surface area contributed by atoms with Crippen molar-refractivity contribution in [1.82, 2.24) is 9.47 Å². The van der Waals surface area contributed by atoms with Gasteiger partial charge in [0, 0.05) is 52.7 Å². The summed E-state index contributed by atoms with van der Waals surface area (Å²) in [6, 6.07) is 7.66. The van der Waals surface area contributed by atoms with E-state index in [1.54, 1.807) is 0 Å². The Kier molecular flexibility index (Phi) is 8.21. The van der Waals surface area contributed by atoms with Crippen LogP contribution < -0.4 is 0 Å². The number of carbonyl (C=O) groups is 2. The molecule has 1 aliphatic carbocycles. The van der Waals surface area contributed by atoms with Gasteiger partial charge in [-0.2, -0.15) is 13.2 Å². The molecule has 2 heterocycles. The van der Waals surface area contributed by atoms with Gasteiger partial charge in [-0.3, -0.25) is 14.5 Å². The molecule has 206 valence electrons. The number of methoxy groups -OCH3 is 1. The van der Waals surface area contributed by atoms with Crippen LogP contribution in [0.2, 0.25) is 0 Å². The standard InChI is InChI=1S/C30H37F3N2O3/c1-18-14-27(37)24(28(15-18)38-5)10-11-26(36)29-21(4)35(25-9-7-6-8-23(25)29)20(3)22-12-13-34(19(2)16-22)17-30(31,32)33/h6-9,15,19-20,22H,10-14,16-17H2,1-5H3. The van der Waals surface area contributed by atoms with E-state index in [1.165, 1.54) is 12.0 Å². The van der Waals surface area contributed by atoms with Crippen molar-refractivity contribution in [3.8, 4) is 0 Å². The third-order valence-corrected chi connectivity index (χ3v) is 8.23. The Morgan fingerprint density at radius 2 is 1.92 bits per heavy atom. The second-order valence-electron chi connectivity index (χ2n) is 10.9. The number of Topliss-reactive ketones (excluding diaryl/α,β-unsaturated/α-hetero) is 2. The van der Waals surface area contributed by atoms with Crippen LogP contribution in [0.5, 0.6) is 0 Å². The van der Waals surface area contributed by atoms with Crippen LogP contribution in [0.4, 0.5) is 13.2 Å². The molecular weight excluding hydrogens is 493 g/mol. The number of aromatic nitrogens is 1. The monoisotopic (exact) mass is 530 g/mol. The van der Waals surface area contributed by atoms with Crippen LogP contribution in [0.3, 0.4) is 0 Å². The van der Waals surface area contributed by atoms with Crippen LogP contribution in [0.15, 0.2) is 47.2 Å². The van der Waals surface area contributed by atoms with E-state index in [0.29, 0.717) is 49.1 Å². The fourth-order valence-corrected chi connectivity index (χ4v) is 6.31. The molecule has 0 saturated carbocycles. The molecule has 2 aliphatic rings. The number of alkyl halides is 3. The number of piperidine rings is 1. The van der Waals surface area contributed by atoms with Gasteiger partial charge in [0.25, 0.3) is 0 Å². The number of allylic oxidation sites excluding steroid dienone is 3. The summed E-state index contributed by atoms with van der Waals surface area (Å²) in [6.07, 6.45) is -0.166. The van der Waals surface area contributed by atoms with Crippen LogP contribution in [-0.4, -0.2) is 53.5 Å². The first kappa shape index (κ1) is 28.1. The van der Waals surface area contributed by atoms with Crippen molar-refractivity contribution < 1.29 is 27.5 Å². The molecule has 0 radical (unpaired) electrons. The fourth-order valence-electron chi connectivity index (χ4n) is 6.31. The second kappa shape index (κ2) is 11.1. The van der Waals surface area contributed by atoms with E-state index >= 15 is 0 Å². The van der Waals surface area contributed by atoms with Gasteiger partial charge in [0.2, 0.25) is 0 Å². The van der Waals surface area contributed by atoms with Gasteiger partial charge in [0.1, 0.15) is 5.76 Å². The van der Waals surface area contributed by atoms with Gasteiger partial charge in [-0.1, -0.05) is 23.8 Å². The van der Waals surface area contributed by atoms with Crippen LogP contribution in [0.1, 0.15) is 75.0 Å². The summed E-state index contributed by atoms with van der Waals surface area (Å²) >= 11 is 0. The van der Waals surface area contributed by atoms with E-state index in [4.69, 9.17) is 4.74 Å². The number of halogens is 3. The molecule has 1 fully saturated rings. The summed E-state index contributed by atoms with van der Waals surface area (Å²) in [5, 5.41) is 0.871. The van der Waals surface area contributed by atoms with Gasteiger partial charge in [-0.05, 0) is 71.6 Å². The molecule has 1 aliphatic heterocycles. The number of ketones is 2. The number of para-hydroxylation sites is 1. The number of rotatable bonds is 8. The normalized spacial score (nSPS) is 22.1. The lowest BCUT2D eigenvalue weighted by molar-refractivity contribution is -0.154. The number of benzene rings is 1. The molecule has 0 N–H and O–H groups in total. The zero-order valence-electron chi connectivity index (χ0n) is 22.8. The summed E-state index contributed by atoms with van der Waals surface area (Å²) in [6.45, 7) is 7.34. The number of fused-ring (bicyclic) bond motifs is 1. The molecule has 3 unspecified atom stereocenters. The Morgan fingerprint density at radius 3 is 2.58 bits per heavy atom. The van der Waals surface area contributed by atoms with Gasteiger partial charge in [-0.25, -0.2) is 0 Å². The molecule has 5 nitrogen and oxygen atoms in total. The van der Waals surface area contributed by atoms with Crippen molar-refractivity contribution in [3.05, 3.63) is 58.5 Å². The topological polar surface area (TPSA) is 51.5 Å². The maximum absolute atomic E-state index is 13.6. The lowest BCUT2D eigenvalue weighted by Crippen LogP contribution is -2.46. The molecule has 1 aromatic heterocycles. The number of nitrogens with zero attached hydrogens (tertiary/aromatic N) is 2. The quantitative estimate of drug-likeness (QED) is 0.347. The van der Waals surface area contributed by atoms with E-state index in [2.05, 4.69) is 11.5 Å². The van der Waals surface area contributed by atoms with Crippen LogP contribution >= 0.6 is 0 Å². The highest BCUT2D eigenvalue weighted by Gasteiger charge is 2.37. The molecule has 3 atom stereocenters. The van der Waals surface area contributed by atoms with Gasteiger partial charge >= 0.3 is 6.18 Å². The summed E-state index contributed by atoms with van der Waals surface area (Å²) < 4.78 is 46.6. The van der Waals surface area contributed by atoms with Crippen molar-refractivity contribution in [2.24, 2.45) is 5.92 Å². The minimum atomic E-state index is -4.20. The summed E-state index contributed by atoms with van der Waals surface area (Å²) in [4.78, 5) is 27.8. The van der Waals surface area contributed by atoms with Crippen molar-refractivity contribution in [2.75, 3.05) is 20.2 Å². The average molecular weight is 531 g/mol.